The Balaban J connectivity index is 2.35. The van der Waals surface area contributed by atoms with Gasteiger partial charge in [0.1, 0.15) is 0 Å². The third-order valence-corrected chi connectivity index (χ3v) is 4.42. The second-order valence-corrected chi connectivity index (χ2v) is 6.22. The molecule has 2 aromatic carbocycles. The highest BCUT2D eigenvalue weighted by atomic mass is 35.5. The molecule has 2 N–H and O–H groups in total. The number of ether oxygens (including phenoxy) is 2. The van der Waals surface area contributed by atoms with Crippen LogP contribution in [0.4, 0.5) is 0 Å². The first kappa shape index (κ1) is 17.6. The maximum Gasteiger partial charge on any atom is 0.179 e. The fraction of sp³-hybridized carbons (Fsp3) is 0.368. The normalized spacial score (nSPS) is 12.1. The van der Waals surface area contributed by atoms with Crippen LogP contribution in [0, 0.1) is 13.8 Å². The van der Waals surface area contributed by atoms with E-state index in [1.807, 2.05) is 12.1 Å². The van der Waals surface area contributed by atoms with Crippen molar-refractivity contribution in [3.63, 3.8) is 0 Å². The van der Waals surface area contributed by atoms with Crippen molar-refractivity contribution in [3.05, 3.63) is 57.6 Å². The molecule has 0 bridgehead atoms. The van der Waals surface area contributed by atoms with E-state index in [0.29, 0.717) is 23.1 Å². The van der Waals surface area contributed by atoms with Crippen LogP contribution < -0.4 is 15.2 Å². The van der Waals surface area contributed by atoms with Gasteiger partial charge >= 0.3 is 0 Å². The number of aryl methyl sites for hydroxylation is 2. The molecule has 0 saturated carbocycles. The highest BCUT2D eigenvalue weighted by molar-refractivity contribution is 6.32. The Morgan fingerprint density at radius 2 is 1.83 bits per heavy atom. The van der Waals surface area contributed by atoms with Gasteiger partial charge in [0.2, 0.25) is 0 Å². The highest BCUT2D eigenvalue weighted by Gasteiger charge is 2.17. The average Bonchev–Trinajstić information content (AvgIpc) is 2.54. The van der Waals surface area contributed by atoms with E-state index in [1.54, 1.807) is 14.2 Å². The molecule has 0 spiro atoms. The first-order chi connectivity index (χ1) is 11.0. The second-order valence-electron chi connectivity index (χ2n) is 5.81. The summed E-state index contributed by atoms with van der Waals surface area (Å²) in [6.07, 6.45) is 0.806. The Morgan fingerprint density at radius 3 is 2.43 bits per heavy atom. The monoisotopic (exact) mass is 333 g/mol. The van der Waals surface area contributed by atoms with Crippen LogP contribution in [0.5, 0.6) is 11.5 Å². The van der Waals surface area contributed by atoms with Gasteiger partial charge in [0.05, 0.1) is 19.2 Å². The molecule has 0 saturated heterocycles. The van der Waals surface area contributed by atoms with E-state index >= 15 is 0 Å². The van der Waals surface area contributed by atoms with Crippen molar-refractivity contribution in [2.24, 2.45) is 5.73 Å². The van der Waals surface area contributed by atoms with Crippen molar-refractivity contribution in [3.8, 4) is 11.5 Å². The van der Waals surface area contributed by atoms with Crippen LogP contribution in [0.1, 0.15) is 28.2 Å². The van der Waals surface area contributed by atoms with Gasteiger partial charge in [-0.2, -0.15) is 0 Å². The first-order valence-electron chi connectivity index (χ1n) is 7.67. The molecule has 0 aliphatic carbocycles. The number of nitrogens with two attached hydrogens (primary N) is 1. The topological polar surface area (TPSA) is 44.5 Å². The Morgan fingerprint density at radius 1 is 1.09 bits per heavy atom. The third-order valence-electron chi connectivity index (χ3n) is 4.13. The largest absolute Gasteiger partial charge is 0.493 e. The van der Waals surface area contributed by atoms with Gasteiger partial charge in [0, 0.05) is 5.92 Å². The molecule has 4 heteroatoms. The lowest BCUT2D eigenvalue weighted by atomic mass is 9.88. The zero-order chi connectivity index (χ0) is 17.0. The average molecular weight is 334 g/mol. The van der Waals surface area contributed by atoms with Crippen molar-refractivity contribution in [2.45, 2.75) is 26.2 Å². The van der Waals surface area contributed by atoms with Crippen molar-refractivity contribution in [2.75, 3.05) is 20.8 Å². The predicted octanol–water partition coefficient (Wildman–Crippen LogP) is 4.26. The Bertz CT molecular complexity index is 685. The number of rotatable bonds is 6. The molecular formula is C19H24ClNO2. The zero-order valence-electron chi connectivity index (χ0n) is 14.2. The van der Waals surface area contributed by atoms with E-state index in [0.717, 1.165) is 12.0 Å². The van der Waals surface area contributed by atoms with E-state index in [9.17, 15) is 0 Å². The standard InChI is InChI=1S/C19H24ClNO2/c1-12-5-6-13(2)16(7-12)15(11-21)8-14-9-17(20)19(23-4)18(10-14)22-3/h5-7,9-10,15H,8,11,21H2,1-4H3. The number of hydrogen-bond donors (Lipinski definition) is 1. The number of benzene rings is 2. The number of methoxy groups -OCH3 is 2. The van der Waals surface area contributed by atoms with Crippen LogP contribution in [0.2, 0.25) is 5.02 Å². The molecule has 1 atom stereocenters. The van der Waals surface area contributed by atoms with Crippen molar-refractivity contribution in [1.82, 2.24) is 0 Å². The molecular weight excluding hydrogens is 310 g/mol. The van der Waals surface area contributed by atoms with Crippen LogP contribution in [0.3, 0.4) is 0 Å². The Hall–Kier alpha value is -1.71. The quantitative estimate of drug-likeness (QED) is 0.859. The summed E-state index contributed by atoms with van der Waals surface area (Å²) >= 11 is 6.31. The molecule has 2 aromatic rings. The van der Waals surface area contributed by atoms with E-state index < -0.39 is 0 Å². The smallest absolute Gasteiger partial charge is 0.179 e. The fourth-order valence-corrected chi connectivity index (χ4v) is 3.20. The predicted molar refractivity (Wildman–Crippen MR) is 96.0 cm³/mol. The minimum atomic E-state index is 0.240. The summed E-state index contributed by atoms with van der Waals surface area (Å²) in [5, 5.41) is 0.554. The minimum Gasteiger partial charge on any atom is -0.493 e. The first-order valence-corrected chi connectivity index (χ1v) is 8.05. The summed E-state index contributed by atoms with van der Waals surface area (Å²) in [5.74, 6) is 1.45. The molecule has 0 radical (unpaired) electrons. The van der Waals surface area contributed by atoms with E-state index in [2.05, 4.69) is 32.0 Å². The van der Waals surface area contributed by atoms with E-state index in [-0.39, 0.29) is 5.92 Å². The van der Waals surface area contributed by atoms with Gasteiger partial charge in [-0.15, -0.1) is 0 Å². The van der Waals surface area contributed by atoms with E-state index in [1.165, 1.54) is 16.7 Å². The zero-order valence-corrected chi connectivity index (χ0v) is 14.9. The maximum absolute atomic E-state index is 6.31. The third kappa shape index (κ3) is 3.98. The van der Waals surface area contributed by atoms with Gasteiger partial charge in [-0.25, -0.2) is 0 Å². The molecule has 2 rings (SSSR count). The lowest BCUT2D eigenvalue weighted by Gasteiger charge is -2.20. The summed E-state index contributed by atoms with van der Waals surface area (Å²) < 4.78 is 10.7. The summed E-state index contributed by atoms with van der Waals surface area (Å²) in [6, 6.07) is 10.4. The van der Waals surface area contributed by atoms with Crippen LogP contribution >= 0.6 is 11.6 Å². The van der Waals surface area contributed by atoms with Crippen LogP contribution in [-0.2, 0) is 6.42 Å². The number of hydrogen-bond acceptors (Lipinski definition) is 3. The molecule has 0 fully saturated rings. The molecule has 0 aromatic heterocycles. The molecule has 0 amide bonds. The Kier molecular flexibility index (Phi) is 5.91. The highest BCUT2D eigenvalue weighted by Crippen LogP contribution is 2.37. The lowest BCUT2D eigenvalue weighted by molar-refractivity contribution is 0.354. The van der Waals surface area contributed by atoms with Gasteiger partial charge < -0.3 is 15.2 Å². The summed E-state index contributed by atoms with van der Waals surface area (Å²) in [6.45, 7) is 4.80. The molecule has 0 heterocycles. The Labute approximate surface area is 143 Å². The molecule has 0 aliphatic heterocycles. The molecule has 124 valence electrons. The summed E-state index contributed by atoms with van der Waals surface area (Å²) in [7, 11) is 3.20. The van der Waals surface area contributed by atoms with Crippen LogP contribution in [0.25, 0.3) is 0 Å². The fourth-order valence-electron chi connectivity index (χ4n) is 2.89. The lowest BCUT2D eigenvalue weighted by Crippen LogP contribution is -2.16. The molecule has 1 unspecified atom stereocenters. The SMILES string of the molecule is COc1cc(CC(CN)c2cc(C)ccc2C)cc(Cl)c1OC. The van der Waals surface area contributed by atoms with Crippen LogP contribution in [0.15, 0.2) is 30.3 Å². The summed E-state index contributed by atoms with van der Waals surface area (Å²) in [5.41, 5.74) is 10.9. The van der Waals surface area contributed by atoms with Crippen molar-refractivity contribution in [1.29, 1.82) is 0 Å². The molecule has 0 aliphatic rings. The molecule has 23 heavy (non-hydrogen) atoms. The van der Waals surface area contributed by atoms with Gasteiger partial charge in [-0.1, -0.05) is 35.4 Å². The van der Waals surface area contributed by atoms with Gasteiger partial charge in [0.15, 0.2) is 11.5 Å². The number of halogens is 1. The molecule has 3 nitrogen and oxygen atoms in total. The minimum absolute atomic E-state index is 0.240. The van der Waals surface area contributed by atoms with E-state index in [4.69, 9.17) is 26.8 Å². The summed E-state index contributed by atoms with van der Waals surface area (Å²) in [4.78, 5) is 0. The van der Waals surface area contributed by atoms with Crippen LogP contribution in [-0.4, -0.2) is 20.8 Å². The van der Waals surface area contributed by atoms with Crippen molar-refractivity contribution >= 4 is 11.6 Å². The maximum atomic E-state index is 6.31. The van der Waals surface area contributed by atoms with Gasteiger partial charge in [-0.05, 0) is 55.6 Å². The van der Waals surface area contributed by atoms with Crippen molar-refractivity contribution < 1.29 is 9.47 Å². The second kappa shape index (κ2) is 7.71. The van der Waals surface area contributed by atoms with Gasteiger partial charge in [0.25, 0.3) is 0 Å². The van der Waals surface area contributed by atoms with Gasteiger partial charge in [-0.3, -0.25) is 0 Å².